The zero-order valence-corrected chi connectivity index (χ0v) is 9.04. The van der Waals surface area contributed by atoms with Crippen LogP contribution in [0.5, 0.6) is 0 Å². The summed E-state index contributed by atoms with van der Waals surface area (Å²) in [6.07, 6.45) is -0.566. The van der Waals surface area contributed by atoms with E-state index in [-0.39, 0.29) is 6.04 Å². The summed E-state index contributed by atoms with van der Waals surface area (Å²) in [6, 6.07) is 0.104. The lowest BCUT2D eigenvalue weighted by molar-refractivity contribution is -0.137. The van der Waals surface area contributed by atoms with Crippen LogP contribution in [0.2, 0.25) is 0 Å². The van der Waals surface area contributed by atoms with E-state index in [1.165, 1.54) is 4.68 Å². The Bertz CT molecular complexity index is 350. The molecule has 1 aliphatic heterocycles. The second-order valence-corrected chi connectivity index (χ2v) is 4.24. The lowest BCUT2D eigenvalue weighted by Crippen LogP contribution is -2.31. The maximum absolute atomic E-state index is 12.4. The van der Waals surface area contributed by atoms with Crippen LogP contribution >= 0.6 is 0 Å². The largest absolute Gasteiger partial charge is 0.419 e. The van der Waals surface area contributed by atoms with E-state index in [2.05, 4.69) is 10.00 Å². The normalized spacial score (nSPS) is 20.2. The first-order valence-corrected chi connectivity index (χ1v) is 5.27. The highest BCUT2D eigenvalue weighted by Gasteiger charge is 2.33. The average Bonchev–Trinajstić information content (AvgIpc) is 2.67. The van der Waals surface area contributed by atoms with E-state index in [1.807, 2.05) is 7.05 Å². The van der Waals surface area contributed by atoms with Crippen molar-refractivity contribution in [2.75, 3.05) is 20.1 Å². The molecule has 2 heterocycles. The molecule has 0 aliphatic carbocycles. The Labute approximate surface area is 91.8 Å². The second-order valence-electron chi connectivity index (χ2n) is 4.24. The van der Waals surface area contributed by atoms with Crippen molar-refractivity contribution in [3.8, 4) is 0 Å². The molecule has 1 fully saturated rings. The third-order valence-corrected chi connectivity index (χ3v) is 2.99. The summed E-state index contributed by atoms with van der Waals surface area (Å²) in [7, 11) is 2.01. The molecule has 0 radical (unpaired) electrons. The predicted molar refractivity (Wildman–Crippen MR) is 53.0 cm³/mol. The monoisotopic (exact) mass is 233 g/mol. The number of halogens is 3. The van der Waals surface area contributed by atoms with Crippen molar-refractivity contribution >= 4 is 0 Å². The van der Waals surface area contributed by atoms with Gasteiger partial charge in [0.15, 0.2) is 0 Å². The molecule has 6 heteroatoms. The molecule has 0 unspecified atom stereocenters. The summed E-state index contributed by atoms with van der Waals surface area (Å²) in [4.78, 5) is 2.17. The minimum Gasteiger partial charge on any atom is -0.306 e. The topological polar surface area (TPSA) is 21.1 Å². The van der Waals surface area contributed by atoms with Crippen LogP contribution in [-0.4, -0.2) is 34.8 Å². The summed E-state index contributed by atoms with van der Waals surface area (Å²) in [5.41, 5.74) is -0.661. The first kappa shape index (κ1) is 11.4. The van der Waals surface area contributed by atoms with Gasteiger partial charge in [-0.15, -0.1) is 0 Å². The molecule has 1 saturated heterocycles. The molecule has 2 rings (SSSR count). The molecule has 0 aromatic carbocycles. The van der Waals surface area contributed by atoms with E-state index in [4.69, 9.17) is 0 Å². The van der Waals surface area contributed by atoms with Crippen LogP contribution in [0.15, 0.2) is 12.4 Å². The zero-order valence-electron chi connectivity index (χ0n) is 9.04. The van der Waals surface area contributed by atoms with E-state index >= 15 is 0 Å². The van der Waals surface area contributed by atoms with Crippen LogP contribution in [0.25, 0.3) is 0 Å². The number of nitrogens with zero attached hydrogens (tertiary/aromatic N) is 3. The average molecular weight is 233 g/mol. The standard InChI is InChI=1S/C10H14F3N3/c1-15-4-2-9(3-5-15)16-7-8(6-14-16)10(11,12)13/h6-7,9H,2-5H2,1H3. The fourth-order valence-electron chi connectivity index (χ4n) is 1.94. The van der Waals surface area contributed by atoms with Gasteiger partial charge in [-0.1, -0.05) is 0 Å². The van der Waals surface area contributed by atoms with Gasteiger partial charge in [-0.25, -0.2) is 0 Å². The van der Waals surface area contributed by atoms with Crippen molar-refractivity contribution in [1.82, 2.24) is 14.7 Å². The Hall–Kier alpha value is -1.04. The highest BCUT2D eigenvalue weighted by Crippen LogP contribution is 2.30. The van der Waals surface area contributed by atoms with Crippen molar-refractivity contribution in [3.05, 3.63) is 18.0 Å². The highest BCUT2D eigenvalue weighted by atomic mass is 19.4. The van der Waals surface area contributed by atoms with E-state index in [1.54, 1.807) is 0 Å². The molecule has 0 N–H and O–H groups in total. The Morgan fingerprint density at radius 1 is 1.31 bits per heavy atom. The third-order valence-electron chi connectivity index (χ3n) is 2.99. The number of hydrogen-bond donors (Lipinski definition) is 0. The SMILES string of the molecule is CN1CCC(n2cc(C(F)(F)F)cn2)CC1. The maximum Gasteiger partial charge on any atom is 0.419 e. The van der Waals surface area contributed by atoms with Crippen molar-refractivity contribution in [2.45, 2.75) is 25.1 Å². The van der Waals surface area contributed by atoms with E-state index in [0.29, 0.717) is 0 Å². The van der Waals surface area contributed by atoms with Gasteiger partial charge in [-0.05, 0) is 33.0 Å². The first-order chi connectivity index (χ1) is 7.47. The third kappa shape index (κ3) is 2.37. The van der Waals surface area contributed by atoms with E-state index in [9.17, 15) is 13.2 Å². The van der Waals surface area contributed by atoms with Crippen LogP contribution in [0.3, 0.4) is 0 Å². The van der Waals surface area contributed by atoms with E-state index in [0.717, 1.165) is 38.3 Å². The van der Waals surface area contributed by atoms with Gasteiger partial charge in [0.25, 0.3) is 0 Å². The number of alkyl halides is 3. The lowest BCUT2D eigenvalue weighted by atomic mass is 10.1. The van der Waals surface area contributed by atoms with Crippen LogP contribution in [-0.2, 0) is 6.18 Å². The molecule has 0 spiro atoms. The smallest absolute Gasteiger partial charge is 0.306 e. The number of likely N-dealkylation sites (tertiary alicyclic amines) is 1. The molecule has 16 heavy (non-hydrogen) atoms. The fourth-order valence-corrected chi connectivity index (χ4v) is 1.94. The van der Waals surface area contributed by atoms with Crippen molar-refractivity contribution in [2.24, 2.45) is 0 Å². The quantitative estimate of drug-likeness (QED) is 0.741. The molecule has 3 nitrogen and oxygen atoms in total. The summed E-state index contributed by atoms with van der Waals surface area (Å²) >= 11 is 0. The number of piperidine rings is 1. The van der Waals surface area contributed by atoms with Gasteiger partial charge in [0.05, 0.1) is 17.8 Å². The molecular weight excluding hydrogens is 219 g/mol. The molecule has 1 aliphatic rings. The minimum atomic E-state index is -4.29. The summed E-state index contributed by atoms with van der Waals surface area (Å²) < 4.78 is 38.6. The van der Waals surface area contributed by atoms with Crippen LogP contribution in [0.4, 0.5) is 13.2 Å². The summed E-state index contributed by atoms with van der Waals surface area (Å²) in [5.74, 6) is 0. The fraction of sp³-hybridized carbons (Fsp3) is 0.700. The molecule has 0 amide bonds. The molecule has 1 aromatic rings. The van der Waals surface area contributed by atoms with Crippen LogP contribution in [0, 0.1) is 0 Å². The molecule has 1 aromatic heterocycles. The van der Waals surface area contributed by atoms with Crippen LogP contribution in [0.1, 0.15) is 24.4 Å². The first-order valence-electron chi connectivity index (χ1n) is 5.27. The Morgan fingerprint density at radius 3 is 2.44 bits per heavy atom. The van der Waals surface area contributed by atoms with Gasteiger partial charge in [-0.2, -0.15) is 18.3 Å². The van der Waals surface area contributed by atoms with Gasteiger partial charge >= 0.3 is 6.18 Å². The summed E-state index contributed by atoms with van der Waals surface area (Å²) in [5, 5.41) is 3.81. The molecule has 0 saturated carbocycles. The second kappa shape index (κ2) is 4.08. The Kier molecular flexibility index (Phi) is 2.92. The predicted octanol–water partition coefficient (Wildman–Crippen LogP) is 2.17. The molecular formula is C10H14F3N3. The molecule has 0 atom stereocenters. The van der Waals surface area contributed by atoms with Crippen molar-refractivity contribution in [1.29, 1.82) is 0 Å². The Morgan fingerprint density at radius 2 is 1.94 bits per heavy atom. The van der Waals surface area contributed by atoms with Gasteiger partial charge in [0.2, 0.25) is 0 Å². The minimum absolute atomic E-state index is 0.104. The zero-order chi connectivity index (χ0) is 11.8. The van der Waals surface area contributed by atoms with Gasteiger partial charge in [0, 0.05) is 6.20 Å². The van der Waals surface area contributed by atoms with Gasteiger partial charge in [0.1, 0.15) is 0 Å². The van der Waals surface area contributed by atoms with Crippen molar-refractivity contribution < 1.29 is 13.2 Å². The molecule has 90 valence electrons. The van der Waals surface area contributed by atoms with E-state index < -0.39 is 11.7 Å². The number of rotatable bonds is 1. The molecule has 0 bridgehead atoms. The highest BCUT2D eigenvalue weighted by molar-refractivity contribution is 5.09. The Balaban J connectivity index is 2.08. The van der Waals surface area contributed by atoms with Gasteiger partial charge in [-0.3, -0.25) is 4.68 Å². The maximum atomic E-state index is 12.4. The summed E-state index contributed by atoms with van der Waals surface area (Å²) in [6.45, 7) is 1.82. The van der Waals surface area contributed by atoms with Crippen molar-refractivity contribution in [3.63, 3.8) is 0 Å². The van der Waals surface area contributed by atoms with Crippen LogP contribution < -0.4 is 0 Å². The number of aromatic nitrogens is 2. The lowest BCUT2D eigenvalue weighted by Gasteiger charge is -2.28. The van der Waals surface area contributed by atoms with Gasteiger partial charge < -0.3 is 4.90 Å². The number of hydrogen-bond acceptors (Lipinski definition) is 2.